The Balaban J connectivity index is 1.41. The zero-order valence-electron chi connectivity index (χ0n) is 22.4. The smallest absolute Gasteiger partial charge is 0.248 e. The molecule has 41 heavy (non-hydrogen) atoms. The summed E-state index contributed by atoms with van der Waals surface area (Å²) in [5.74, 6) is 0.871. The van der Waals surface area contributed by atoms with E-state index in [1.165, 1.54) is 12.3 Å². The van der Waals surface area contributed by atoms with Gasteiger partial charge in [-0.05, 0) is 60.5 Å². The Bertz CT molecular complexity index is 1710. The van der Waals surface area contributed by atoms with Crippen LogP contribution >= 0.6 is 0 Å². The number of amides is 1. The number of nitriles is 1. The minimum Gasteiger partial charge on any atom is -0.492 e. The Hall–Kier alpha value is -5.68. The molecular formula is C33H27N5O3. The summed E-state index contributed by atoms with van der Waals surface area (Å²) in [7, 11) is 0. The van der Waals surface area contributed by atoms with Crippen molar-refractivity contribution >= 4 is 39.9 Å². The van der Waals surface area contributed by atoms with Gasteiger partial charge in [0.25, 0.3) is 0 Å². The molecule has 0 radical (unpaired) electrons. The number of benzene rings is 3. The van der Waals surface area contributed by atoms with Gasteiger partial charge in [-0.2, -0.15) is 5.26 Å². The van der Waals surface area contributed by atoms with E-state index in [0.717, 1.165) is 22.6 Å². The fraction of sp³-hybridized carbons (Fsp3) is 0.0909. The number of aromatic nitrogens is 2. The molecule has 2 heterocycles. The van der Waals surface area contributed by atoms with Gasteiger partial charge < -0.3 is 20.1 Å². The number of anilines is 3. The molecule has 0 spiro atoms. The minimum atomic E-state index is -0.334. The van der Waals surface area contributed by atoms with Crippen LogP contribution in [0.2, 0.25) is 0 Å². The number of carbonyl (C=O) groups is 1. The summed E-state index contributed by atoms with van der Waals surface area (Å²) in [5, 5.41) is 16.8. The van der Waals surface area contributed by atoms with Crippen LogP contribution in [0.5, 0.6) is 11.5 Å². The Morgan fingerprint density at radius 1 is 1.00 bits per heavy atom. The molecule has 8 heteroatoms. The van der Waals surface area contributed by atoms with Gasteiger partial charge in [0.15, 0.2) is 0 Å². The Morgan fingerprint density at radius 2 is 1.83 bits per heavy atom. The van der Waals surface area contributed by atoms with Crippen molar-refractivity contribution in [3.63, 3.8) is 0 Å². The molecule has 2 N–H and O–H groups in total. The summed E-state index contributed by atoms with van der Waals surface area (Å²) in [6.07, 6.45) is 7.97. The topological polar surface area (TPSA) is 109 Å². The van der Waals surface area contributed by atoms with E-state index in [4.69, 9.17) is 9.47 Å². The first kappa shape index (κ1) is 26.9. The molecule has 0 unspecified atom stereocenters. The lowest BCUT2D eigenvalue weighted by atomic mass is 10.1. The van der Waals surface area contributed by atoms with Crippen molar-refractivity contribution in [1.29, 1.82) is 5.26 Å². The van der Waals surface area contributed by atoms with E-state index in [2.05, 4.69) is 26.7 Å². The maximum Gasteiger partial charge on any atom is 0.248 e. The van der Waals surface area contributed by atoms with Gasteiger partial charge in [0, 0.05) is 41.8 Å². The quantitative estimate of drug-likeness (QED) is 0.186. The van der Waals surface area contributed by atoms with Crippen LogP contribution in [0.15, 0.2) is 104 Å². The van der Waals surface area contributed by atoms with E-state index in [1.54, 1.807) is 36.7 Å². The third-order valence-corrected chi connectivity index (χ3v) is 6.13. The lowest BCUT2D eigenvalue weighted by molar-refractivity contribution is -0.111. The van der Waals surface area contributed by atoms with Crippen molar-refractivity contribution in [3.8, 4) is 17.6 Å². The van der Waals surface area contributed by atoms with Gasteiger partial charge in [0.2, 0.25) is 5.91 Å². The molecule has 0 atom stereocenters. The molecule has 0 bridgehead atoms. The molecule has 0 aliphatic rings. The van der Waals surface area contributed by atoms with Crippen LogP contribution in [0.1, 0.15) is 23.6 Å². The molecule has 5 aromatic rings. The van der Waals surface area contributed by atoms with Crippen LogP contribution in [0, 0.1) is 11.3 Å². The van der Waals surface area contributed by atoms with Gasteiger partial charge in [-0.25, -0.2) is 0 Å². The summed E-state index contributed by atoms with van der Waals surface area (Å²) >= 11 is 0. The van der Waals surface area contributed by atoms with E-state index in [0.29, 0.717) is 46.8 Å². The second-order valence-corrected chi connectivity index (χ2v) is 8.99. The van der Waals surface area contributed by atoms with Crippen molar-refractivity contribution in [2.24, 2.45) is 0 Å². The van der Waals surface area contributed by atoms with Gasteiger partial charge in [0.1, 0.15) is 24.2 Å². The summed E-state index contributed by atoms with van der Waals surface area (Å²) in [5.41, 5.74) is 4.65. The summed E-state index contributed by atoms with van der Waals surface area (Å²) in [6, 6.07) is 26.8. The summed E-state index contributed by atoms with van der Waals surface area (Å²) in [6.45, 7) is 2.74. The number of nitrogens with zero attached hydrogens (tertiary/aromatic N) is 3. The molecule has 0 saturated carbocycles. The molecule has 5 rings (SSSR count). The first-order valence-electron chi connectivity index (χ1n) is 13.1. The predicted molar refractivity (Wildman–Crippen MR) is 160 cm³/mol. The number of hydrogen-bond donors (Lipinski definition) is 2. The molecule has 1 amide bonds. The normalized spacial score (nSPS) is 10.7. The number of carbonyl (C=O) groups excluding carboxylic acids is 1. The highest BCUT2D eigenvalue weighted by Crippen LogP contribution is 2.36. The van der Waals surface area contributed by atoms with E-state index in [9.17, 15) is 10.1 Å². The molecule has 3 aromatic carbocycles. The zero-order valence-corrected chi connectivity index (χ0v) is 22.4. The van der Waals surface area contributed by atoms with Crippen LogP contribution < -0.4 is 20.1 Å². The maximum atomic E-state index is 12.8. The van der Waals surface area contributed by atoms with Gasteiger partial charge >= 0.3 is 0 Å². The van der Waals surface area contributed by atoms with Gasteiger partial charge in [-0.15, -0.1) is 0 Å². The monoisotopic (exact) mass is 541 g/mol. The number of hydrogen-bond acceptors (Lipinski definition) is 7. The van der Waals surface area contributed by atoms with E-state index < -0.39 is 0 Å². The van der Waals surface area contributed by atoms with Crippen LogP contribution in [0.4, 0.5) is 17.1 Å². The Labute approximate surface area is 237 Å². The minimum absolute atomic E-state index is 0.334. The largest absolute Gasteiger partial charge is 0.492 e. The standard InChI is InChI=1S/C33H27N5O3/c1-2-40-31-18-29-28(17-30(31)38-32(39)15-10-23-9-6-16-35-20-23)33(25(19-34)21-36-29)37-26-11-13-27(14-12-26)41-22-24-7-4-3-5-8-24/h3-18,20-21H,2,22H2,1H3,(H,36,37)(H,38,39). The lowest BCUT2D eigenvalue weighted by Gasteiger charge is -2.16. The molecule has 0 saturated heterocycles. The summed E-state index contributed by atoms with van der Waals surface area (Å²) < 4.78 is 11.7. The van der Waals surface area contributed by atoms with Crippen molar-refractivity contribution in [2.45, 2.75) is 13.5 Å². The zero-order chi connectivity index (χ0) is 28.4. The average Bonchev–Trinajstić information content (AvgIpc) is 3.01. The Kier molecular flexibility index (Phi) is 8.48. The van der Waals surface area contributed by atoms with Crippen molar-refractivity contribution in [1.82, 2.24) is 9.97 Å². The van der Waals surface area contributed by atoms with Gasteiger partial charge in [0.05, 0.1) is 29.1 Å². The number of pyridine rings is 2. The number of rotatable bonds is 10. The van der Waals surface area contributed by atoms with Crippen molar-refractivity contribution < 1.29 is 14.3 Å². The fourth-order valence-electron chi connectivity index (χ4n) is 4.15. The number of fused-ring (bicyclic) bond motifs is 1. The van der Waals surface area contributed by atoms with Crippen LogP contribution in [-0.2, 0) is 11.4 Å². The first-order valence-corrected chi connectivity index (χ1v) is 13.1. The predicted octanol–water partition coefficient (Wildman–Crippen LogP) is 6.87. The second kappa shape index (κ2) is 12.9. The molecule has 202 valence electrons. The fourth-order valence-corrected chi connectivity index (χ4v) is 4.15. The third-order valence-electron chi connectivity index (χ3n) is 6.13. The van der Waals surface area contributed by atoms with E-state index in [-0.39, 0.29) is 5.91 Å². The third kappa shape index (κ3) is 6.85. The van der Waals surface area contributed by atoms with E-state index in [1.807, 2.05) is 67.6 Å². The lowest BCUT2D eigenvalue weighted by Crippen LogP contribution is -2.10. The SMILES string of the molecule is CCOc1cc2ncc(C#N)c(Nc3ccc(OCc4ccccc4)cc3)c2cc1NC(=O)C=Cc1cccnc1. The van der Waals surface area contributed by atoms with Crippen molar-refractivity contribution in [3.05, 3.63) is 120 Å². The molecular weight excluding hydrogens is 514 g/mol. The molecule has 2 aromatic heterocycles. The highest BCUT2D eigenvalue weighted by atomic mass is 16.5. The van der Waals surface area contributed by atoms with Crippen LogP contribution in [-0.4, -0.2) is 22.5 Å². The van der Waals surface area contributed by atoms with Gasteiger partial charge in [-0.1, -0.05) is 36.4 Å². The van der Waals surface area contributed by atoms with Crippen LogP contribution in [0.3, 0.4) is 0 Å². The Morgan fingerprint density at radius 3 is 2.56 bits per heavy atom. The number of ether oxygens (including phenoxy) is 2. The molecule has 8 nitrogen and oxygen atoms in total. The second-order valence-electron chi connectivity index (χ2n) is 8.99. The van der Waals surface area contributed by atoms with Gasteiger partial charge in [-0.3, -0.25) is 14.8 Å². The average molecular weight is 542 g/mol. The molecule has 0 fully saturated rings. The van der Waals surface area contributed by atoms with E-state index >= 15 is 0 Å². The van der Waals surface area contributed by atoms with Crippen LogP contribution in [0.25, 0.3) is 17.0 Å². The highest BCUT2D eigenvalue weighted by molar-refractivity contribution is 6.06. The number of nitrogens with one attached hydrogen (secondary N) is 2. The van der Waals surface area contributed by atoms with Crippen molar-refractivity contribution in [2.75, 3.05) is 17.2 Å². The molecule has 0 aliphatic carbocycles. The molecule has 0 aliphatic heterocycles. The highest BCUT2D eigenvalue weighted by Gasteiger charge is 2.15. The summed E-state index contributed by atoms with van der Waals surface area (Å²) in [4.78, 5) is 21.3. The maximum absolute atomic E-state index is 12.8. The first-order chi connectivity index (χ1) is 20.1.